The lowest BCUT2D eigenvalue weighted by molar-refractivity contribution is 0.319. The van der Waals surface area contributed by atoms with Crippen molar-refractivity contribution in [3.8, 4) is 0 Å². The van der Waals surface area contributed by atoms with Crippen molar-refractivity contribution in [3.63, 3.8) is 0 Å². The molecule has 2 aromatic carbocycles. The third-order valence-electron chi connectivity index (χ3n) is 5.43. The second-order valence-electron chi connectivity index (χ2n) is 7.00. The number of halogens is 4. The Bertz CT molecular complexity index is 784. The molecule has 4 heteroatoms. The Balaban J connectivity index is 1.78. The molecule has 0 spiro atoms. The quantitative estimate of drug-likeness (QED) is 0.392. The average molecular weight is 362 g/mol. The molecular formula is C22H22F4. The fourth-order valence-electron chi connectivity index (χ4n) is 3.69. The van der Waals surface area contributed by atoms with Crippen LogP contribution in [0.5, 0.6) is 0 Å². The minimum Gasteiger partial charge on any atom is -0.204 e. The van der Waals surface area contributed by atoms with E-state index in [9.17, 15) is 17.6 Å². The summed E-state index contributed by atoms with van der Waals surface area (Å²) in [6, 6.07) is 9.24. The average Bonchev–Trinajstić information content (AvgIpc) is 2.69. The van der Waals surface area contributed by atoms with Gasteiger partial charge in [0.25, 0.3) is 0 Å². The lowest BCUT2D eigenvalue weighted by Crippen LogP contribution is -2.12. The molecule has 0 unspecified atom stereocenters. The summed E-state index contributed by atoms with van der Waals surface area (Å²) in [4.78, 5) is 0. The van der Waals surface area contributed by atoms with Gasteiger partial charge in [-0.2, -0.15) is 0 Å². The first-order chi connectivity index (χ1) is 12.5. The first-order valence-electron chi connectivity index (χ1n) is 9.10. The molecule has 0 N–H and O–H groups in total. The highest BCUT2D eigenvalue weighted by Crippen LogP contribution is 2.37. The normalized spacial score (nSPS) is 21.4. The van der Waals surface area contributed by atoms with Crippen LogP contribution in [0.3, 0.4) is 0 Å². The van der Waals surface area contributed by atoms with Crippen molar-refractivity contribution in [1.29, 1.82) is 0 Å². The second kappa shape index (κ2) is 8.07. The van der Waals surface area contributed by atoms with E-state index in [1.807, 2.05) is 12.1 Å². The van der Waals surface area contributed by atoms with Gasteiger partial charge in [-0.15, -0.1) is 0 Å². The van der Waals surface area contributed by atoms with Crippen molar-refractivity contribution in [2.45, 2.75) is 44.9 Å². The molecule has 1 aliphatic carbocycles. The summed E-state index contributed by atoms with van der Waals surface area (Å²) in [5, 5.41) is 0. The highest BCUT2D eigenvalue weighted by atomic mass is 19.2. The zero-order chi connectivity index (χ0) is 18.7. The summed E-state index contributed by atoms with van der Waals surface area (Å²) in [7, 11) is 0. The maximum Gasteiger partial charge on any atom is 0.166 e. The molecule has 26 heavy (non-hydrogen) atoms. The summed E-state index contributed by atoms with van der Waals surface area (Å²) in [6.45, 7) is 2.22. The van der Waals surface area contributed by atoms with Crippen LogP contribution in [0.1, 0.15) is 61.6 Å². The Labute approximate surface area is 151 Å². The topological polar surface area (TPSA) is 0 Å². The molecule has 2 aromatic rings. The van der Waals surface area contributed by atoms with Crippen LogP contribution in [0.4, 0.5) is 17.6 Å². The maximum absolute atomic E-state index is 14.4. The lowest BCUT2D eigenvalue weighted by atomic mass is 9.78. The third-order valence-corrected chi connectivity index (χ3v) is 5.43. The zero-order valence-corrected chi connectivity index (χ0v) is 14.7. The molecule has 0 aromatic heterocycles. The molecule has 0 atom stereocenters. The van der Waals surface area contributed by atoms with Crippen molar-refractivity contribution in [2.75, 3.05) is 0 Å². The van der Waals surface area contributed by atoms with Crippen LogP contribution in [0.2, 0.25) is 0 Å². The van der Waals surface area contributed by atoms with E-state index >= 15 is 0 Å². The number of rotatable bonds is 4. The van der Waals surface area contributed by atoms with E-state index in [1.165, 1.54) is 19.3 Å². The SMILES string of the molecule is CCC1CCC(c2ccc(C(F)=C(F)c3ccc(F)c(F)c3)cc2)CC1. The fourth-order valence-corrected chi connectivity index (χ4v) is 3.69. The van der Waals surface area contributed by atoms with Crippen LogP contribution in [-0.2, 0) is 0 Å². The van der Waals surface area contributed by atoms with Crippen LogP contribution in [0.25, 0.3) is 11.7 Å². The van der Waals surface area contributed by atoms with Crippen LogP contribution in [-0.4, -0.2) is 0 Å². The standard InChI is InChI=1S/C22H22F4/c1-2-14-3-5-15(6-4-14)16-7-9-17(10-8-16)21(25)22(26)18-11-12-19(23)20(24)13-18/h7-15H,2-6H2,1H3. The van der Waals surface area contributed by atoms with E-state index in [0.717, 1.165) is 36.5 Å². The van der Waals surface area contributed by atoms with E-state index in [1.54, 1.807) is 12.1 Å². The van der Waals surface area contributed by atoms with Gasteiger partial charge in [-0.25, -0.2) is 17.6 Å². The Hall–Kier alpha value is -2.10. The Morgan fingerprint density at radius 1 is 0.808 bits per heavy atom. The summed E-state index contributed by atoms with van der Waals surface area (Å²) in [5.74, 6) is -3.30. The predicted octanol–water partition coefficient (Wildman–Crippen LogP) is 7.41. The van der Waals surface area contributed by atoms with Crippen LogP contribution in [0.15, 0.2) is 42.5 Å². The fraction of sp³-hybridized carbons (Fsp3) is 0.364. The van der Waals surface area contributed by atoms with Gasteiger partial charge in [0.05, 0.1) is 0 Å². The molecular weight excluding hydrogens is 340 g/mol. The molecule has 0 saturated heterocycles. The minimum absolute atomic E-state index is 0.0956. The highest BCUT2D eigenvalue weighted by Gasteiger charge is 2.21. The van der Waals surface area contributed by atoms with Crippen molar-refractivity contribution in [1.82, 2.24) is 0 Å². The minimum atomic E-state index is -1.21. The second-order valence-corrected chi connectivity index (χ2v) is 7.00. The molecule has 0 radical (unpaired) electrons. The van der Waals surface area contributed by atoms with Crippen LogP contribution < -0.4 is 0 Å². The van der Waals surface area contributed by atoms with Gasteiger partial charge in [0.1, 0.15) is 0 Å². The monoisotopic (exact) mass is 362 g/mol. The molecule has 0 amide bonds. The predicted molar refractivity (Wildman–Crippen MR) is 96.8 cm³/mol. The van der Waals surface area contributed by atoms with E-state index in [-0.39, 0.29) is 11.1 Å². The van der Waals surface area contributed by atoms with Gasteiger partial charge in [-0.1, -0.05) is 37.6 Å². The molecule has 1 aliphatic rings. The van der Waals surface area contributed by atoms with Crippen LogP contribution >= 0.6 is 0 Å². The van der Waals surface area contributed by atoms with E-state index < -0.39 is 23.3 Å². The Kier molecular flexibility index (Phi) is 5.80. The van der Waals surface area contributed by atoms with Crippen molar-refractivity contribution < 1.29 is 17.6 Å². The van der Waals surface area contributed by atoms with Crippen molar-refractivity contribution >= 4 is 11.7 Å². The zero-order valence-electron chi connectivity index (χ0n) is 14.7. The van der Waals surface area contributed by atoms with E-state index in [4.69, 9.17) is 0 Å². The first-order valence-corrected chi connectivity index (χ1v) is 9.10. The van der Waals surface area contributed by atoms with Gasteiger partial charge in [0.15, 0.2) is 23.3 Å². The third kappa shape index (κ3) is 4.00. The Morgan fingerprint density at radius 3 is 1.96 bits per heavy atom. The number of benzene rings is 2. The van der Waals surface area contributed by atoms with Gasteiger partial charge in [-0.3, -0.25) is 0 Å². The van der Waals surface area contributed by atoms with Gasteiger partial charge in [0, 0.05) is 11.1 Å². The summed E-state index contributed by atoms with van der Waals surface area (Å²) < 4.78 is 54.9. The first kappa shape index (κ1) is 18.7. The smallest absolute Gasteiger partial charge is 0.166 e. The molecule has 138 valence electrons. The van der Waals surface area contributed by atoms with Gasteiger partial charge in [0.2, 0.25) is 0 Å². The highest BCUT2D eigenvalue weighted by molar-refractivity contribution is 5.83. The van der Waals surface area contributed by atoms with Gasteiger partial charge in [-0.05, 0) is 61.3 Å². The molecule has 1 fully saturated rings. The molecule has 1 saturated carbocycles. The number of hydrogen-bond acceptors (Lipinski definition) is 0. The summed E-state index contributed by atoms with van der Waals surface area (Å²) in [5.41, 5.74) is 0.922. The summed E-state index contributed by atoms with van der Waals surface area (Å²) >= 11 is 0. The van der Waals surface area contributed by atoms with E-state index in [2.05, 4.69) is 6.92 Å². The summed E-state index contributed by atoms with van der Waals surface area (Å²) in [6.07, 6.45) is 5.88. The maximum atomic E-state index is 14.4. The van der Waals surface area contributed by atoms with E-state index in [0.29, 0.717) is 12.0 Å². The lowest BCUT2D eigenvalue weighted by Gasteiger charge is -2.28. The van der Waals surface area contributed by atoms with Gasteiger partial charge >= 0.3 is 0 Å². The molecule has 0 bridgehead atoms. The number of hydrogen-bond donors (Lipinski definition) is 0. The molecule has 0 nitrogen and oxygen atoms in total. The molecule has 0 heterocycles. The van der Waals surface area contributed by atoms with Gasteiger partial charge < -0.3 is 0 Å². The van der Waals surface area contributed by atoms with Crippen molar-refractivity contribution in [2.24, 2.45) is 5.92 Å². The Morgan fingerprint density at radius 2 is 1.38 bits per heavy atom. The largest absolute Gasteiger partial charge is 0.204 e. The molecule has 3 rings (SSSR count). The van der Waals surface area contributed by atoms with Crippen molar-refractivity contribution in [3.05, 3.63) is 70.8 Å². The molecule has 0 aliphatic heterocycles. The van der Waals surface area contributed by atoms with Crippen LogP contribution in [0, 0.1) is 17.6 Å².